The number of carbonyl (C=O) groups is 3. The van der Waals surface area contributed by atoms with E-state index in [0.29, 0.717) is 6.42 Å². The molecule has 0 aliphatic heterocycles. The van der Waals surface area contributed by atoms with E-state index in [1.165, 1.54) is 38.3 Å². The zero-order valence-corrected chi connectivity index (χ0v) is 16.5. The minimum absolute atomic E-state index is 0.0413. The Morgan fingerprint density at radius 1 is 0.964 bits per heavy atom. The Labute approximate surface area is 165 Å². The van der Waals surface area contributed by atoms with Crippen molar-refractivity contribution in [2.75, 3.05) is 0 Å². The second-order valence-corrected chi connectivity index (χ2v) is 7.15. The number of hydrogen-bond acceptors (Lipinski definition) is 6. The summed E-state index contributed by atoms with van der Waals surface area (Å²) in [6.45, 7) is 3.42. The molecule has 1 aromatic carbocycles. The number of phenols is 2. The average molecular weight is 388 g/mol. The molecule has 6 heteroatoms. The zero-order valence-electron chi connectivity index (χ0n) is 16.5. The predicted octanol–water partition coefficient (Wildman–Crippen LogP) is 4.48. The van der Waals surface area contributed by atoms with Crippen LogP contribution in [0.1, 0.15) is 85.9 Å². The van der Waals surface area contributed by atoms with E-state index in [1.807, 2.05) is 0 Å². The summed E-state index contributed by atoms with van der Waals surface area (Å²) in [6, 6.07) is 2.33. The van der Waals surface area contributed by atoms with Gasteiger partial charge in [0.15, 0.2) is 11.6 Å². The van der Waals surface area contributed by atoms with Crippen molar-refractivity contribution in [2.45, 2.75) is 71.3 Å². The molecular formula is C22H28O6. The van der Waals surface area contributed by atoms with Gasteiger partial charge in [-0.25, -0.2) is 0 Å². The van der Waals surface area contributed by atoms with Crippen LogP contribution in [0.15, 0.2) is 23.8 Å². The third-order valence-electron chi connectivity index (χ3n) is 4.91. The molecule has 1 aliphatic rings. The highest BCUT2D eigenvalue weighted by molar-refractivity contribution is 6.27. The van der Waals surface area contributed by atoms with Crippen molar-refractivity contribution < 1.29 is 29.3 Å². The molecule has 152 valence electrons. The van der Waals surface area contributed by atoms with Gasteiger partial charge in [0, 0.05) is 12.5 Å². The average Bonchev–Trinajstić information content (AvgIpc) is 2.64. The van der Waals surface area contributed by atoms with Crippen LogP contribution in [-0.2, 0) is 9.53 Å². The Balaban J connectivity index is 2.13. The first-order chi connectivity index (χ1) is 13.4. The van der Waals surface area contributed by atoms with Crippen LogP contribution in [0.25, 0.3) is 0 Å². The highest BCUT2D eigenvalue weighted by Gasteiger charge is 2.35. The first-order valence-corrected chi connectivity index (χ1v) is 9.89. The molecule has 0 saturated carbocycles. The lowest BCUT2D eigenvalue weighted by atomic mass is 9.84. The number of esters is 1. The Bertz CT molecular complexity index is 777. The lowest BCUT2D eigenvalue weighted by Crippen LogP contribution is -2.28. The quantitative estimate of drug-likeness (QED) is 0.348. The molecule has 28 heavy (non-hydrogen) atoms. The van der Waals surface area contributed by atoms with Crippen LogP contribution in [0.5, 0.6) is 11.5 Å². The smallest absolute Gasteiger partial charge is 0.303 e. The van der Waals surface area contributed by atoms with Gasteiger partial charge in [0.05, 0.1) is 11.1 Å². The van der Waals surface area contributed by atoms with Crippen LogP contribution in [0.4, 0.5) is 0 Å². The van der Waals surface area contributed by atoms with E-state index in [0.717, 1.165) is 31.8 Å². The van der Waals surface area contributed by atoms with E-state index in [-0.39, 0.29) is 28.2 Å². The van der Waals surface area contributed by atoms with E-state index >= 15 is 0 Å². The van der Waals surface area contributed by atoms with Crippen molar-refractivity contribution in [2.24, 2.45) is 0 Å². The minimum atomic E-state index is -0.848. The molecule has 6 nitrogen and oxygen atoms in total. The van der Waals surface area contributed by atoms with Crippen molar-refractivity contribution in [1.29, 1.82) is 0 Å². The van der Waals surface area contributed by atoms with Gasteiger partial charge in [-0.1, -0.05) is 45.4 Å². The Kier molecular flexibility index (Phi) is 7.79. The summed E-state index contributed by atoms with van der Waals surface area (Å²) in [5.74, 6) is -2.47. The number of carbonyl (C=O) groups excluding carboxylic acids is 3. The molecule has 0 radical (unpaired) electrons. The van der Waals surface area contributed by atoms with Crippen molar-refractivity contribution in [3.05, 3.63) is 34.9 Å². The number of phenolic OH excluding ortho intramolecular Hbond substituents is 2. The zero-order chi connectivity index (χ0) is 20.7. The van der Waals surface area contributed by atoms with Gasteiger partial charge in [0.1, 0.15) is 17.6 Å². The van der Waals surface area contributed by atoms with Crippen LogP contribution in [0, 0.1) is 0 Å². The molecular weight excluding hydrogens is 360 g/mol. The molecule has 1 unspecified atom stereocenters. The van der Waals surface area contributed by atoms with Gasteiger partial charge in [-0.05, 0) is 31.1 Å². The third kappa shape index (κ3) is 5.21. The summed E-state index contributed by atoms with van der Waals surface area (Å²) in [6.07, 6.45) is 8.19. The minimum Gasteiger partial charge on any atom is -0.507 e. The highest BCUT2D eigenvalue weighted by atomic mass is 16.5. The van der Waals surface area contributed by atoms with E-state index in [2.05, 4.69) is 6.92 Å². The summed E-state index contributed by atoms with van der Waals surface area (Å²) < 4.78 is 5.31. The van der Waals surface area contributed by atoms with Crippen LogP contribution in [0.2, 0.25) is 0 Å². The fraction of sp³-hybridized carbons (Fsp3) is 0.500. The molecule has 0 amide bonds. The van der Waals surface area contributed by atoms with Crippen LogP contribution >= 0.6 is 0 Å². The fourth-order valence-electron chi connectivity index (χ4n) is 3.49. The third-order valence-corrected chi connectivity index (χ3v) is 4.91. The number of fused-ring (bicyclic) bond motifs is 1. The molecule has 2 rings (SSSR count). The van der Waals surface area contributed by atoms with Crippen molar-refractivity contribution in [1.82, 2.24) is 0 Å². The number of rotatable bonds is 10. The number of Topliss-reactive ketones (excluding diaryl/α,β-unsaturated/α-hetero) is 1. The molecule has 0 aromatic heterocycles. The summed E-state index contributed by atoms with van der Waals surface area (Å²) in [5, 5.41) is 20.0. The van der Waals surface area contributed by atoms with Crippen LogP contribution in [-0.4, -0.2) is 33.9 Å². The maximum atomic E-state index is 12.9. The largest absolute Gasteiger partial charge is 0.507 e. The molecule has 1 aromatic rings. The predicted molar refractivity (Wildman–Crippen MR) is 105 cm³/mol. The maximum absolute atomic E-state index is 12.9. The van der Waals surface area contributed by atoms with Gasteiger partial charge >= 0.3 is 5.97 Å². The summed E-state index contributed by atoms with van der Waals surface area (Å²) in [5.41, 5.74) is -0.412. The molecule has 1 aliphatic carbocycles. The first-order valence-electron chi connectivity index (χ1n) is 9.89. The van der Waals surface area contributed by atoms with Crippen molar-refractivity contribution >= 4 is 17.5 Å². The van der Waals surface area contributed by atoms with Crippen molar-refractivity contribution in [3.63, 3.8) is 0 Å². The number of ketones is 2. The number of ether oxygens (including phenoxy) is 1. The fourth-order valence-corrected chi connectivity index (χ4v) is 3.49. The molecule has 0 heterocycles. The summed E-state index contributed by atoms with van der Waals surface area (Å²) in [7, 11) is 0. The number of hydrogen-bond donors (Lipinski definition) is 2. The van der Waals surface area contributed by atoms with E-state index in [4.69, 9.17) is 4.74 Å². The number of allylic oxidation sites excluding steroid dienone is 1. The first kappa shape index (κ1) is 21.7. The van der Waals surface area contributed by atoms with Gasteiger partial charge in [0.25, 0.3) is 0 Å². The molecule has 0 saturated heterocycles. The number of aromatic hydroxyl groups is 2. The summed E-state index contributed by atoms with van der Waals surface area (Å²) in [4.78, 5) is 36.8. The van der Waals surface area contributed by atoms with E-state index < -0.39 is 23.6 Å². The molecule has 2 N–H and O–H groups in total. The highest BCUT2D eigenvalue weighted by Crippen LogP contribution is 2.36. The monoisotopic (exact) mass is 388 g/mol. The molecule has 0 spiro atoms. The maximum Gasteiger partial charge on any atom is 0.303 e. The van der Waals surface area contributed by atoms with Gasteiger partial charge in [0.2, 0.25) is 0 Å². The SMILES string of the molecule is CCCCCCCCCC(OC(C)=O)C1=CC(=O)c2c(O)ccc(O)c2C1=O. The van der Waals surface area contributed by atoms with E-state index in [1.54, 1.807) is 0 Å². The number of unbranched alkanes of at least 4 members (excludes halogenated alkanes) is 6. The van der Waals surface area contributed by atoms with Gasteiger partial charge in [-0.3, -0.25) is 14.4 Å². The molecule has 1 atom stereocenters. The molecule has 0 fully saturated rings. The normalized spacial score (nSPS) is 14.4. The van der Waals surface area contributed by atoms with Gasteiger partial charge in [-0.2, -0.15) is 0 Å². The topological polar surface area (TPSA) is 101 Å². The summed E-state index contributed by atoms with van der Waals surface area (Å²) >= 11 is 0. The standard InChI is InChI=1S/C22H28O6/c1-3-4-5-6-7-8-9-10-19(28-14(2)23)15-13-18(26)20-16(24)11-12-17(25)21(20)22(15)27/h11-13,19,24-25H,3-10H2,1-2H3. The Morgan fingerprint density at radius 2 is 1.54 bits per heavy atom. The Hall–Kier alpha value is -2.63. The number of benzene rings is 1. The van der Waals surface area contributed by atoms with Gasteiger partial charge < -0.3 is 14.9 Å². The Morgan fingerprint density at radius 3 is 2.14 bits per heavy atom. The van der Waals surface area contributed by atoms with Crippen LogP contribution < -0.4 is 0 Å². The van der Waals surface area contributed by atoms with E-state index in [9.17, 15) is 24.6 Å². The molecule has 0 bridgehead atoms. The lowest BCUT2D eigenvalue weighted by molar-refractivity contribution is -0.144. The van der Waals surface area contributed by atoms with Gasteiger partial charge in [-0.15, -0.1) is 0 Å². The van der Waals surface area contributed by atoms with Crippen molar-refractivity contribution in [3.8, 4) is 11.5 Å². The second kappa shape index (κ2) is 10.1. The van der Waals surface area contributed by atoms with Crippen LogP contribution in [0.3, 0.4) is 0 Å². The second-order valence-electron chi connectivity index (χ2n) is 7.15. The lowest BCUT2D eigenvalue weighted by Gasteiger charge is -2.23.